The van der Waals surface area contributed by atoms with Crippen LogP contribution in [0.4, 0.5) is 0 Å². The highest BCUT2D eigenvalue weighted by Gasteiger charge is 2.36. The second kappa shape index (κ2) is 6.95. The van der Waals surface area contributed by atoms with Crippen molar-refractivity contribution in [3.63, 3.8) is 0 Å². The molecule has 0 aliphatic carbocycles. The van der Waals surface area contributed by atoms with Crippen LogP contribution in [0.2, 0.25) is 0 Å². The Kier molecular flexibility index (Phi) is 4.46. The summed E-state index contributed by atoms with van der Waals surface area (Å²) in [6, 6.07) is 10.5. The average molecular weight is 380 g/mol. The van der Waals surface area contributed by atoms with Gasteiger partial charge in [0.05, 0.1) is 24.5 Å². The van der Waals surface area contributed by atoms with Gasteiger partial charge in [-0.1, -0.05) is 17.3 Å². The number of methoxy groups -OCH3 is 1. The summed E-state index contributed by atoms with van der Waals surface area (Å²) in [5.41, 5.74) is 2.31. The number of carbonyl (C=O) groups excluding carboxylic acids is 1. The summed E-state index contributed by atoms with van der Waals surface area (Å²) >= 11 is 0. The fourth-order valence-electron chi connectivity index (χ4n) is 3.41. The van der Waals surface area contributed by atoms with Gasteiger partial charge in [-0.3, -0.25) is 9.59 Å². The third-order valence-corrected chi connectivity index (χ3v) is 4.95. The topological polar surface area (TPSA) is 90.5 Å². The minimum atomic E-state index is -0.201. The van der Waals surface area contributed by atoms with Crippen LogP contribution in [0, 0.1) is 13.8 Å². The molecule has 3 heterocycles. The van der Waals surface area contributed by atoms with Crippen LogP contribution in [0.1, 0.15) is 27.9 Å². The highest BCUT2D eigenvalue weighted by atomic mass is 16.5. The number of ether oxygens (including phenoxy) is 1. The zero-order chi connectivity index (χ0) is 19.8. The maximum absolute atomic E-state index is 12.7. The van der Waals surface area contributed by atoms with Crippen molar-refractivity contribution in [1.82, 2.24) is 19.8 Å². The minimum absolute atomic E-state index is 0.138. The molecule has 1 aliphatic heterocycles. The number of amides is 1. The Bertz CT molecular complexity index is 1080. The first-order valence-electron chi connectivity index (χ1n) is 8.95. The standard InChI is InChI=1S/C20H20N4O4/c1-12-19(13(2)28-22-12)20(26)23-10-14(11-23)24-18(25)9-8-16(21-24)15-6-4-5-7-17(15)27-3/h4-9,14H,10-11H2,1-3H3. The first-order valence-corrected chi connectivity index (χ1v) is 8.95. The number of benzene rings is 1. The van der Waals surface area contributed by atoms with E-state index in [2.05, 4.69) is 10.3 Å². The number of aryl methyl sites for hydroxylation is 2. The van der Waals surface area contributed by atoms with E-state index in [1.807, 2.05) is 24.3 Å². The Hall–Kier alpha value is -3.42. The molecule has 0 atom stereocenters. The Morgan fingerprint density at radius 1 is 1.18 bits per heavy atom. The number of rotatable bonds is 4. The second-order valence-electron chi connectivity index (χ2n) is 6.76. The molecular weight excluding hydrogens is 360 g/mol. The van der Waals surface area contributed by atoms with Gasteiger partial charge in [0.15, 0.2) is 0 Å². The first-order chi connectivity index (χ1) is 13.5. The molecule has 144 valence electrons. The molecule has 0 N–H and O–H groups in total. The van der Waals surface area contributed by atoms with E-state index < -0.39 is 0 Å². The van der Waals surface area contributed by atoms with Crippen LogP contribution < -0.4 is 10.3 Å². The number of nitrogens with zero attached hydrogens (tertiary/aromatic N) is 4. The number of likely N-dealkylation sites (tertiary alicyclic amines) is 1. The molecule has 0 unspecified atom stereocenters. The summed E-state index contributed by atoms with van der Waals surface area (Å²) in [7, 11) is 1.60. The average Bonchev–Trinajstić information content (AvgIpc) is 3.00. The number of aromatic nitrogens is 3. The molecule has 2 aromatic heterocycles. The van der Waals surface area contributed by atoms with Crippen molar-refractivity contribution in [3.05, 3.63) is 63.8 Å². The summed E-state index contributed by atoms with van der Waals surface area (Å²) in [5.74, 6) is 1.05. The smallest absolute Gasteiger partial charge is 0.267 e. The third-order valence-electron chi connectivity index (χ3n) is 4.95. The molecule has 0 radical (unpaired) electrons. The Labute approximate surface area is 161 Å². The highest BCUT2D eigenvalue weighted by Crippen LogP contribution is 2.29. The summed E-state index contributed by atoms with van der Waals surface area (Å²) in [4.78, 5) is 26.7. The molecule has 1 aliphatic rings. The molecule has 1 amide bonds. The lowest BCUT2D eigenvalue weighted by atomic mass is 10.1. The molecule has 1 saturated heterocycles. The van der Waals surface area contributed by atoms with Gasteiger partial charge in [0.2, 0.25) is 0 Å². The zero-order valence-corrected chi connectivity index (χ0v) is 15.9. The van der Waals surface area contributed by atoms with Gasteiger partial charge < -0.3 is 14.2 Å². The van der Waals surface area contributed by atoms with Crippen molar-refractivity contribution < 1.29 is 14.1 Å². The fraction of sp³-hybridized carbons (Fsp3) is 0.300. The van der Waals surface area contributed by atoms with Gasteiger partial charge in [0, 0.05) is 24.7 Å². The van der Waals surface area contributed by atoms with Gasteiger partial charge in [-0.05, 0) is 32.0 Å². The van der Waals surface area contributed by atoms with Crippen molar-refractivity contribution in [2.45, 2.75) is 19.9 Å². The Morgan fingerprint density at radius 3 is 2.61 bits per heavy atom. The maximum Gasteiger partial charge on any atom is 0.267 e. The summed E-state index contributed by atoms with van der Waals surface area (Å²) in [6.45, 7) is 4.27. The SMILES string of the molecule is COc1ccccc1-c1ccc(=O)n(C2CN(C(=O)c3c(C)noc3C)C2)n1. The highest BCUT2D eigenvalue weighted by molar-refractivity contribution is 5.96. The van der Waals surface area contributed by atoms with Crippen LogP contribution in [0.5, 0.6) is 5.75 Å². The van der Waals surface area contributed by atoms with E-state index in [0.29, 0.717) is 41.6 Å². The van der Waals surface area contributed by atoms with Crippen molar-refractivity contribution in [1.29, 1.82) is 0 Å². The van der Waals surface area contributed by atoms with Crippen LogP contribution >= 0.6 is 0 Å². The summed E-state index contributed by atoms with van der Waals surface area (Å²) in [6.07, 6.45) is 0. The predicted molar refractivity (Wildman–Crippen MR) is 101 cm³/mol. The molecule has 4 rings (SSSR count). The van der Waals surface area contributed by atoms with Gasteiger partial charge in [-0.15, -0.1) is 0 Å². The van der Waals surface area contributed by atoms with Gasteiger partial charge in [0.25, 0.3) is 11.5 Å². The molecule has 28 heavy (non-hydrogen) atoms. The zero-order valence-electron chi connectivity index (χ0n) is 15.9. The van der Waals surface area contributed by atoms with Gasteiger partial charge >= 0.3 is 0 Å². The minimum Gasteiger partial charge on any atom is -0.496 e. The van der Waals surface area contributed by atoms with Gasteiger partial charge in [-0.25, -0.2) is 4.68 Å². The first kappa shape index (κ1) is 18.0. The van der Waals surface area contributed by atoms with Crippen molar-refractivity contribution in [2.75, 3.05) is 20.2 Å². The summed E-state index contributed by atoms with van der Waals surface area (Å²) in [5, 5.41) is 8.35. The monoisotopic (exact) mass is 380 g/mol. The quantitative estimate of drug-likeness (QED) is 0.689. The largest absolute Gasteiger partial charge is 0.496 e. The molecule has 0 spiro atoms. The van der Waals surface area contributed by atoms with Crippen LogP contribution in [0.15, 0.2) is 45.7 Å². The van der Waals surface area contributed by atoms with Crippen LogP contribution in [-0.4, -0.2) is 45.9 Å². The number of para-hydroxylation sites is 1. The molecule has 0 bridgehead atoms. The normalized spacial score (nSPS) is 14.0. The number of carbonyl (C=O) groups is 1. The lowest BCUT2D eigenvalue weighted by molar-refractivity contribution is 0.0491. The molecule has 3 aromatic rings. The molecule has 1 aromatic carbocycles. The number of hydrogen-bond donors (Lipinski definition) is 0. The van der Waals surface area contributed by atoms with Crippen molar-refractivity contribution in [3.8, 4) is 17.0 Å². The van der Waals surface area contributed by atoms with E-state index in [0.717, 1.165) is 5.56 Å². The van der Waals surface area contributed by atoms with E-state index in [9.17, 15) is 9.59 Å². The molecule has 1 fully saturated rings. The van der Waals surface area contributed by atoms with Gasteiger partial charge in [0.1, 0.15) is 17.1 Å². The van der Waals surface area contributed by atoms with E-state index in [-0.39, 0.29) is 17.5 Å². The summed E-state index contributed by atoms with van der Waals surface area (Å²) < 4.78 is 11.9. The molecule has 8 heteroatoms. The van der Waals surface area contributed by atoms with E-state index in [4.69, 9.17) is 9.26 Å². The lowest BCUT2D eigenvalue weighted by Gasteiger charge is -2.39. The van der Waals surface area contributed by atoms with Crippen LogP contribution in [0.3, 0.4) is 0 Å². The third kappa shape index (κ3) is 2.96. The van der Waals surface area contributed by atoms with Crippen molar-refractivity contribution >= 4 is 5.91 Å². The maximum atomic E-state index is 12.7. The Morgan fingerprint density at radius 2 is 1.93 bits per heavy atom. The fourth-order valence-corrected chi connectivity index (χ4v) is 3.41. The van der Waals surface area contributed by atoms with Crippen LogP contribution in [-0.2, 0) is 0 Å². The molecular formula is C20H20N4O4. The van der Waals surface area contributed by atoms with E-state index in [1.165, 1.54) is 10.7 Å². The van der Waals surface area contributed by atoms with E-state index in [1.54, 1.807) is 31.9 Å². The number of hydrogen-bond acceptors (Lipinski definition) is 6. The van der Waals surface area contributed by atoms with Gasteiger partial charge in [-0.2, -0.15) is 5.10 Å². The van der Waals surface area contributed by atoms with E-state index >= 15 is 0 Å². The molecule has 0 saturated carbocycles. The Balaban J connectivity index is 1.57. The van der Waals surface area contributed by atoms with Crippen LogP contribution in [0.25, 0.3) is 11.3 Å². The predicted octanol–water partition coefficient (Wildman–Crippen LogP) is 2.22. The lowest BCUT2D eigenvalue weighted by Crippen LogP contribution is -2.53. The van der Waals surface area contributed by atoms with Crippen molar-refractivity contribution in [2.24, 2.45) is 0 Å². The molecule has 8 nitrogen and oxygen atoms in total. The second-order valence-corrected chi connectivity index (χ2v) is 6.76.